The van der Waals surface area contributed by atoms with E-state index in [1.165, 1.54) is 11.3 Å². The minimum Gasteiger partial charge on any atom is -0.444 e. The van der Waals surface area contributed by atoms with Crippen LogP contribution in [0.4, 0.5) is 9.93 Å². The molecule has 1 amide bonds. The Balaban J connectivity index is 2.83. The van der Waals surface area contributed by atoms with Crippen LogP contribution in [0.15, 0.2) is 0 Å². The number of nitrogens with one attached hydrogen (secondary N) is 1. The van der Waals surface area contributed by atoms with Gasteiger partial charge >= 0.3 is 6.09 Å². The molecule has 0 atom stereocenters. The summed E-state index contributed by atoms with van der Waals surface area (Å²) in [5, 5.41) is 3.16. The molecule has 0 spiro atoms. The van der Waals surface area contributed by atoms with E-state index in [9.17, 15) is 4.79 Å². The Labute approximate surface area is 123 Å². The van der Waals surface area contributed by atoms with Crippen molar-refractivity contribution in [3.05, 3.63) is 10.6 Å². The molecule has 0 aliphatic carbocycles. The highest BCUT2D eigenvalue weighted by molar-refractivity contribution is 7.16. The number of nitrogens with zero attached hydrogens (tertiary/aromatic N) is 1. The van der Waals surface area contributed by atoms with Gasteiger partial charge in [-0.25, -0.2) is 15.7 Å². The van der Waals surface area contributed by atoms with Crippen LogP contribution in [-0.2, 0) is 15.0 Å². The third-order valence-electron chi connectivity index (χ3n) is 2.46. The van der Waals surface area contributed by atoms with Crippen molar-refractivity contribution in [2.24, 2.45) is 5.90 Å². The number of thiazole rings is 1. The maximum Gasteiger partial charge on any atom is 0.413 e. The number of nitrogens with two attached hydrogens (primary N) is 1. The Morgan fingerprint density at radius 2 is 1.95 bits per heavy atom. The molecule has 0 bridgehead atoms. The molecule has 0 aliphatic rings. The summed E-state index contributed by atoms with van der Waals surface area (Å²) in [5.74, 6) is 5.15. The predicted octanol–water partition coefficient (Wildman–Crippen LogP) is 2.97. The molecular weight excluding hydrogens is 278 g/mol. The van der Waals surface area contributed by atoms with Crippen molar-refractivity contribution in [3.63, 3.8) is 0 Å². The number of hydrogen-bond donors (Lipinski definition) is 2. The molecule has 0 saturated heterocycles. The fourth-order valence-corrected chi connectivity index (χ4v) is 2.78. The van der Waals surface area contributed by atoms with Crippen LogP contribution < -0.4 is 11.2 Å². The quantitative estimate of drug-likeness (QED) is 0.835. The molecule has 7 heteroatoms. The van der Waals surface area contributed by atoms with Gasteiger partial charge in [0.2, 0.25) is 0 Å². The van der Waals surface area contributed by atoms with Crippen molar-refractivity contribution in [3.8, 4) is 0 Å². The first kappa shape index (κ1) is 16.9. The third kappa shape index (κ3) is 4.73. The van der Waals surface area contributed by atoms with Crippen LogP contribution in [0.1, 0.15) is 45.2 Å². The lowest BCUT2D eigenvalue weighted by atomic mass is 9.92. The van der Waals surface area contributed by atoms with Crippen LogP contribution in [0.2, 0.25) is 0 Å². The number of carbonyl (C=O) groups is 1. The number of aromatic nitrogens is 1. The molecule has 0 aromatic carbocycles. The molecular formula is C13H23N3O3S. The van der Waals surface area contributed by atoms with Crippen LogP contribution in [-0.4, -0.2) is 23.3 Å². The van der Waals surface area contributed by atoms with E-state index in [2.05, 4.69) is 10.3 Å². The summed E-state index contributed by atoms with van der Waals surface area (Å²) >= 11 is 1.40. The van der Waals surface area contributed by atoms with Gasteiger partial charge in [-0.15, -0.1) is 11.3 Å². The molecule has 0 aliphatic heterocycles. The van der Waals surface area contributed by atoms with Crippen LogP contribution in [0, 0.1) is 6.92 Å². The average molecular weight is 301 g/mol. The first-order valence-electron chi connectivity index (χ1n) is 6.35. The fraction of sp³-hybridized carbons (Fsp3) is 0.692. The standard InChI is InChI=1S/C13H23N3O3S/c1-8-9(13(5,6)7-18-14)20-10(15-8)16-11(17)19-12(2,3)4/h7,14H2,1-6H3,(H,15,16,17). The van der Waals surface area contributed by atoms with Gasteiger partial charge in [-0.05, 0) is 27.7 Å². The Morgan fingerprint density at radius 3 is 2.45 bits per heavy atom. The maximum atomic E-state index is 11.7. The third-order valence-corrected chi connectivity index (χ3v) is 3.90. The minimum atomic E-state index is -0.536. The Hall–Kier alpha value is -1.18. The predicted molar refractivity (Wildman–Crippen MR) is 79.9 cm³/mol. The molecule has 114 valence electrons. The number of carbonyl (C=O) groups excluding carboxylic acids is 1. The first-order chi connectivity index (χ1) is 9.05. The lowest BCUT2D eigenvalue weighted by molar-refractivity contribution is 0.0636. The molecule has 0 saturated carbocycles. The molecule has 20 heavy (non-hydrogen) atoms. The molecule has 6 nitrogen and oxygen atoms in total. The summed E-state index contributed by atoms with van der Waals surface area (Å²) < 4.78 is 5.20. The molecule has 3 N–H and O–H groups in total. The van der Waals surface area contributed by atoms with Gasteiger partial charge in [0.25, 0.3) is 0 Å². The van der Waals surface area contributed by atoms with Crippen molar-refractivity contribution >= 4 is 22.6 Å². The van der Waals surface area contributed by atoms with Crippen molar-refractivity contribution in [1.29, 1.82) is 0 Å². The van der Waals surface area contributed by atoms with Gasteiger partial charge in [-0.3, -0.25) is 5.32 Å². The highest BCUT2D eigenvalue weighted by atomic mass is 32.1. The number of amides is 1. The lowest BCUT2D eigenvalue weighted by Crippen LogP contribution is -2.27. The largest absolute Gasteiger partial charge is 0.444 e. The highest BCUT2D eigenvalue weighted by Crippen LogP contribution is 2.34. The van der Waals surface area contributed by atoms with Gasteiger partial charge < -0.3 is 9.57 Å². The van der Waals surface area contributed by atoms with Crippen LogP contribution in [0.25, 0.3) is 0 Å². The summed E-state index contributed by atoms with van der Waals surface area (Å²) in [6, 6.07) is 0. The second-order valence-electron chi connectivity index (χ2n) is 6.26. The fourth-order valence-electron chi connectivity index (χ4n) is 1.74. The average Bonchev–Trinajstić information content (AvgIpc) is 2.56. The van der Waals surface area contributed by atoms with E-state index in [4.69, 9.17) is 15.5 Å². The smallest absolute Gasteiger partial charge is 0.413 e. The molecule has 1 heterocycles. The second kappa shape index (κ2) is 6.07. The van der Waals surface area contributed by atoms with E-state index in [1.807, 2.05) is 41.5 Å². The molecule has 0 radical (unpaired) electrons. The lowest BCUT2D eigenvalue weighted by Gasteiger charge is -2.21. The van der Waals surface area contributed by atoms with Crippen LogP contribution in [0.3, 0.4) is 0 Å². The molecule has 1 aromatic rings. The van der Waals surface area contributed by atoms with Crippen LogP contribution >= 0.6 is 11.3 Å². The summed E-state index contributed by atoms with van der Waals surface area (Å²) in [4.78, 5) is 21.8. The summed E-state index contributed by atoms with van der Waals surface area (Å²) in [7, 11) is 0. The van der Waals surface area contributed by atoms with Crippen molar-refractivity contribution in [1.82, 2.24) is 4.98 Å². The maximum absolute atomic E-state index is 11.7. The zero-order valence-electron chi connectivity index (χ0n) is 12.9. The zero-order valence-corrected chi connectivity index (χ0v) is 13.7. The number of anilines is 1. The number of aryl methyl sites for hydroxylation is 1. The minimum absolute atomic E-state index is 0.260. The van der Waals surface area contributed by atoms with Gasteiger partial charge in [0.15, 0.2) is 5.13 Å². The molecule has 0 fully saturated rings. The van der Waals surface area contributed by atoms with Gasteiger partial charge in [0.05, 0.1) is 12.3 Å². The van der Waals surface area contributed by atoms with E-state index >= 15 is 0 Å². The molecule has 0 unspecified atom stereocenters. The van der Waals surface area contributed by atoms with Crippen LogP contribution in [0.5, 0.6) is 0 Å². The number of rotatable bonds is 4. The summed E-state index contributed by atoms with van der Waals surface area (Å²) in [6.07, 6.45) is -0.509. The normalized spacial score (nSPS) is 12.3. The van der Waals surface area contributed by atoms with Crippen molar-refractivity contribution in [2.75, 3.05) is 11.9 Å². The van der Waals surface area contributed by atoms with E-state index in [0.717, 1.165) is 10.6 Å². The van der Waals surface area contributed by atoms with Gasteiger partial charge in [-0.1, -0.05) is 13.8 Å². The van der Waals surface area contributed by atoms with E-state index in [1.54, 1.807) is 0 Å². The van der Waals surface area contributed by atoms with Gasteiger partial charge in [0.1, 0.15) is 5.60 Å². The van der Waals surface area contributed by atoms with Gasteiger partial charge in [-0.2, -0.15) is 0 Å². The highest BCUT2D eigenvalue weighted by Gasteiger charge is 2.27. The summed E-state index contributed by atoms with van der Waals surface area (Å²) in [6.45, 7) is 11.7. The Kier molecular flexibility index (Phi) is 5.12. The Bertz CT molecular complexity index is 478. The summed E-state index contributed by atoms with van der Waals surface area (Å²) in [5.41, 5.74) is 0.0547. The Morgan fingerprint density at radius 1 is 1.35 bits per heavy atom. The van der Waals surface area contributed by atoms with Crippen molar-refractivity contribution < 1.29 is 14.4 Å². The monoisotopic (exact) mass is 301 g/mol. The topological polar surface area (TPSA) is 86.5 Å². The van der Waals surface area contributed by atoms with Gasteiger partial charge in [0, 0.05) is 10.3 Å². The zero-order chi connectivity index (χ0) is 15.6. The van der Waals surface area contributed by atoms with Crippen molar-refractivity contribution in [2.45, 2.75) is 52.6 Å². The SMILES string of the molecule is Cc1nc(NC(=O)OC(C)(C)C)sc1C(C)(C)CON. The van der Waals surface area contributed by atoms with E-state index in [-0.39, 0.29) is 5.41 Å². The molecule has 1 aromatic heterocycles. The first-order valence-corrected chi connectivity index (χ1v) is 7.16. The van der Waals surface area contributed by atoms with E-state index in [0.29, 0.717) is 11.7 Å². The molecule has 1 rings (SSSR count). The van der Waals surface area contributed by atoms with E-state index < -0.39 is 11.7 Å². The number of ether oxygens (including phenoxy) is 1. The number of hydrogen-bond acceptors (Lipinski definition) is 6. The second-order valence-corrected chi connectivity index (χ2v) is 7.25.